The van der Waals surface area contributed by atoms with E-state index < -0.39 is 0 Å². The Morgan fingerprint density at radius 1 is 1.44 bits per heavy atom. The van der Waals surface area contributed by atoms with E-state index in [9.17, 15) is 4.79 Å². The van der Waals surface area contributed by atoms with Crippen LogP contribution in [0.15, 0.2) is 12.2 Å². The smallest absolute Gasteiger partial charge is 0.293 e. The van der Waals surface area contributed by atoms with E-state index in [2.05, 4.69) is 11.7 Å². The zero-order valence-electron chi connectivity index (χ0n) is 5.67. The average molecular weight is 128 g/mol. The van der Waals surface area contributed by atoms with Gasteiger partial charge in [-0.25, -0.2) is 0 Å². The standard InChI is InChI=1S/C7H12O2/c1-2-3-4-5-6-9-7-8/h3-4,7H,2,5-6H2,1H3. The number of hydrogen-bond acceptors (Lipinski definition) is 2. The van der Waals surface area contributed by atoms with Crippen molar-refractivity contribution >= 4 is 6.47 Å². The third-order valence-electron chi connectivity index (χ3n) is 0.873. The van der Waals surface area contributed by atoms with E-state index in [4.69, 9.17) is 0 Å². The van der Waals surface area contributed by atoms with Gasteiger partial charge in [-0.05, 0) is 12.8 Å². The SMILES string of the molecule is CCC=CCCOC=O. The van der Waals surface area contributed by atoms with Crippen LogP contribution in [-0.2, 0) is 9.53 Å². The Kier molecular flexibility index (Phi) is 6.58. The molecule has 0 N–H and O–H groups in total. The predicted molar refractivity (Wildman–Crippen MR) is 36.1 cm³/mol. The minimum absolute atomic E-state index is 0.472. The molecule has 0 atom stereocenters. The Hall–Kier alpha value is -0.790. The number of ether oxygens (including phenoxy) is 1. The Balaban J connectivity index is 2.90. The minimum Gasteiger partial charge on any atom is -0.468 e. The van der Waals surface area contributed by atoms with Crippen LogP contribution >= 0.6 is 0 Å². The second-order valence-corrected chi connectivity index (χ2v) is 1.64. The largest absolute Gasteiger partial charge is 0.468 e. The minimum atomic E-state index is 0.472. The molecule has 0 aromatic rings. The summed E-state index contributed by atoms with van der Waals surface area (Å²) in [4.78, 5) is 9.59. The van der Waals surface area contributed by atoms with Crippen molar-refractivity contribution in [1.29, 1.82) is 0 Å². The molecule has 0 bridgehead atoms. The summed E-state index contributed by atoms with van der Waals surface area (Å²) in [6.07, 6.45) is 5.92. The van der Waals surface area contributed by atoms with Crippen molar-refractivity contribution in [2.24, 2.45) is 0 Å². The number of carbonyl (C=O) groups excluding carboxylic acids is 1. The molecule has 0 rings (SSSR count). The Morgan fingerprint density at radius 3 is 2.78 bits per heavy atom. The molecule has 0 saturated heterocycles. The van der Waals surface area contributed by atoms with Gasteiger partial charge < -0.3 is 4.74 Å². The van der Waals surface area contributed by atoms with Gasteiger partial charge in [0.05, 0.1) is 6.61 Å². The van der Waals surface area contributed by atoms with E-state index >= 15 is 0 Å². The van der Waals surface area contributed by atoms with Crippen LogP contribution in [0, 0.1) is 0 Å². The monoisotopic (exact) mass is 128 g/mol. The normalized spacial score (nSPS) is 9.89. The molecule has 0 spiro atoms. The number of rotatable bonds is 5. The van der Waals surface area contributed by atoms with Gasteiger partial charge in [-0.2, -0.15) is 0 Å². The van der Waals surface area contributed by atoms with E-state index in [1.807, 2.05) is 12.2 Å². The van der Waals surface area contributed by atoms with Crippen molar-refractivity contribution in [3.63, 3.8) is 0 Å². The summed E-state index contributed by atoms with van der Waals surface area (Å²) in [5.74, 6) is 0. The molecular formula is C7H12O2. The lowest BCUT2D eigenvalue weighted by molar-refractivity contribution is -0.128. The lowest BCUT2D eigenvalue weighted by atomic mass is 10.3. The van der Waals surface area contributed by atoms with Crippen molar-refractivity contribution in [1.82, 2.24) is 0 Å². The highest BCUT2D eigenvalue weighted by Gasteiger charge is 1.77. The van der Waals surface area contributed by atoms with Gasteiger partial charge in [-0.1, -0.05) is 19.1 Å². The van der Waals surface area contributed by atoms with Gasteiger partial charge in [0.15, 0.2) is 0 Å². The van der Waals surface area contributed by atoms with Crippen LogP contribution in [0.3, 0.4) is 0 Å². The van der Waals surface area contributed by atoms with Gasteiger partial charge in [0.25, 0.3) is 6.47 Å². The van der Waals surface area contributed by atoms with Crippen LogP contribution in [0.25, 0.3) is 0 Å². The highest BCUT2D eigenvalue weighted by molar-refractivity contribution is 5.36. The van der Waals surface area contributed by atoms with Crippen LogP contribution in [0.5, 0.6) is 0 Å². The van der Waals surface area contributed by atoms with E-state index in [0.29, 0.717) is 13.1 Å². The van der Waals surface area contributed by atoms with Crippen LogP contribution in [0.2, 0.25) is 0 Å². The summed E-state index contributed by atoms with van der Waals surface area (Å²) in [7, 11) is 0. The zero-order valence-corrected chi connectivity index (χ0v) is 5.67. The van der Waals surface area contributed by atoms with Crippen LogP contribution in [0.4, 0.5) is 0 Å². The molecule has 0 aromatic carbocycles. The van der Waals surface area contributed by atoms with Crippen molar-refractivity contribution in [2.75, 3.05) is 6.61 Å². The second kappa shape index (κ2) is 7.21. The maximum absolute atomic E-state index is 9.59. The summed E-state index contributed by atoms with van der Waals surface area (Å²) in [6.45, 7) is 3.04. The molecule has 0 aliphatic rings. The highest BCUT2D eigenvalue weighted by Crippen LogP contribution is 1.85. The number of hydrogen-bond donors (Lipinski definition) is 0. The molecule has 0 saturated carbocycles. The predicted octanol–water partition coefficient (Wildman–Crippen LogP) is 1.52. The Labute approximate surface area is 55.5 Å². The molecule has 52 valence electrons. The fourth-order valence-electron chi connectivity index (χ4n) is 0.469. The lowest BCUT2D eigenvalue weighted by Crippen LogP contribution is -1.87. The molecule has 9 heavy (non-hydrogen) atoms. The molecule has 0 aromatic heterocycles. The summed E-state index contributed by atoms with van der Waals surface area (Å²) < 4.78 is 4.45. The molecule has 0 radical (unpaired) electrons. The molecule has 2 heteroatoms. The molecule has 2 nitrogen and oxygen atoms in total. The number of carbonyl (C=O) groups is 1. The summed E-state index contributed by atoms with van der Waals surface area (Å²) >= 11 is 0. The van der Waals surface area contributed by atoms with Gasteiger partial charge in [0, 0.05) is 0 Å². The maximum Gasteiger partial charge on any atom is 0.293 e. The van der Waals surface area contributed by atoms with Gasteiger partial charge in [0.1, 0.15) is 0 Å². The highest BCUT2D eigenvalue weighted by atomic mass is 16.5. The molecule has 0 aliphatic heterocycles. The van der Waals surface area contributed by atoms with E-state index in [0.717, 1.165) is 12.8 Å². The van der Waals surface area contributed by atoms with Crippen molar-refractivity contribution < 1.29 is 9.53 Å². The van der Waals surface area contributed by atoms with Gasteiger partial charge in [-0.3, -0.25) is 4.79 Å². The quantitative estimate of drug-likeness (QED) is 0.319. The first-order chi connectivity index (χ1) is 4.41. The van der Waals surface area contributed by atoms with E-state index in [1.165, 1.54) is 0 Å². The summed E-state index contributed by atoms with van der Waals surface area (Å²) in [5.41, 5.74) is 0. The summed E-state index contributed by atoms with van der Waals surface area (Å²) in [5, 5.41) is 0. The van der Waals surface area contributed by atoms with Crippen LogP contribution in [-0.4, -0.2) is 13.1 Å². The molecule has 0 aliphatic carbocycles. The Morgan fingerprint density at radius 2 is 2.22 bits per heavy atom. The van der Waals surface area contributed by atoms with Gasteiger partial charge in [-0.15, -0.1) is 0 Å². The fraction of sp³-hybridized carbons (Fsp3) is 0.571. The molecular weight excluding hydrogens is 116 g/mol. The van der Waals surface area contributed by atoms with Gasteiger partial charge >= 0.3 is 0 Å². The van der Waals surface area contributed by atoms with Crippen molar-refractivity contribution in [3.8, 4) is 0 Å². The van der Waals surface area contributed by atoms with Crippen LogP contribution in [0.1, 0.15) is 19.8 Å². The zero-order chi connectivity index (χ0) is 6.95. The maximum atomic E-state index is 9.59. The third kappa shape index (κ3) is 7.21. The number of allylic oxidation sites excluding steroid dienone is 1. The molecule has 0 fully saturated rings. The average Bonchev–Trinajstić information content (AvgIpc) is 1.89. The first kappa shape index (κ1) is 8.21. The first-order valence-corrected chi connectivity index (χ1v) is 3.12. The molecule has 0 unspecified atom stereocenters. The molecule has 0 amide bonds. The van der Waals surface area contributed by atoms with Crippen LogP contribution < -0.4 is 0 Å². The van der Waals surface area contributed by atoms with E-state index in [1.54, 1.807) is 0 Å². The first-order valence-electron chi connectivity index (χ1n) is 3.12. The summed E-state index contributed by atoms with van der Waals surface area (Å²) in [6, 6.07) is 0. The molecule has 0 heterocycles. The van der Waals surface area contributed by atoms with Crippen molar-refractivity contribution in [2.45, 2.75) is 19.8 Å². The fourth-order valence-corrected chi connectivity index (χ4v) is 0.469. The Bertz CT molecular complexity index is 86.9. The second-order valence-electron chi connectivity index (χ2n) is 1.64. The third-order valence-corrected chi connectivity index (χ3v) is 0.873. The van der Waals surface area contributed by atoms with Gasteiger partial charge in [0.2, 0.25) is 0 Å². The van der Waals surface area contributed by atoms with E-state index in [-0.39, 0.29) is 0 Å². The lowest BCUT2D eigenvalue weighted by Gasteiger charge is -1.89. The topological polar surface area (TPSA) is 26.3 Å². The van der Waals surface area contributed by atoms with Crippen molar-refractivity contribution in [3.05, 3.63) is 12.2 Å².